The predicted octanol–water partition coefficient (Wildman–Crippen LogP) is 1.78. The van der Waals surface area contributed by atoms with Gasteiger partial charge >= 0.3 is 0 Å². The zero-order valence-corrected chi connectivity index (χ0v) is 14.0. The van der Waals surface area contributed by atoms with E-state index in [0.29, 0.717) is 29.4 Å². The molecule has 21 heavy (non-hydrogen) atoms. The van der Waals surface area contributed by atoms with Gasteiger partial charge in [0.2, 0.25) is 10.0 Å². The molecular weight excluding hydrogens is 288 g/mol. The summed E-state index contributed by atoms with van der Waals surface area (Å²) < 4.78 is 27.8. The summed E-state index contributed by atoms with van der Waals surface area (Å²) in [5.74, 6) is 0. The van der Waals surface area contributed by atoms with Gasteiger partial charge in [0.15, 0.2) is 0 Å². The van der Waals surface area contributed by atoms with E-state index in [1.807, 2.05) is 13.8 Å². The van der Waals surface area contributed by atoms with Crippen molar-refractivity contribution in [3.8, 4) is 0 Å². The monoisotopic (exact) mass is 314 g/mol. The maximum atomic E-state index is 13.1. The fraction of sp³-hybridized carbons (Fsp3) is 0.786. The summed E-state index contributed by atoms with van der Waals surface area (Å²) in [5, 5.41) is 10.1. The van der Waals surface area contributed by atoms with E-state index in [9.17, 15) is 8.42 Å². The molecule has 0 aromatic carbocycles. The molecule has 0 radical (unpaired) electrons. The lowest BCUT2D eigenvalue weighted by Gasteiger charge is -2.27. The van der Waals surface area contributed by atoms with Gasteiger partial charge in [-0.15, -0.1) is 0 Å². The average Bonchev–Trinajstić information content (AvgIpc) is 3.07. The molecule has 0 atom stereocenters. The summed E-state index contributed by atoms with van der Waals surface area (Å²) in [5.41, 5.74) is 1.21. The first-order chi connectivity index (χ1) is 10.0. The zero-order valence-electron chi connectivity index (χ0n) is 13.1. The van der Waals surface area contributed by atoms with Gasteiger partial charge in [-0.1, -0.05) is 26.7 Å². The minimum Gasteiger partial charge on any atom is -0.311 e. The summed E-state index contributed by atoms with van der Waals surface area (Å²) in [4.78, 5) is 0.359. The van der Waals surface area contributed by atoms with Crippen molar-refractivity contribution < 1.29 is 8.42 Å². The van der Waals surface area contributed by atoms with Crippen molar-refractivity contribution in [3.05, 3.63) is 11.4 Å². The first kappa shape index (κ1) is 16.5. The third-order valence-corrected chi connectivity index (χ3v) is 6.35. The Kier molecular flexibility index (Phi) is 5.40. The van der Waals surface area contributed by atoms with E-state index in [1.165, 1.54) is 0 Å². The van der Waals surface area contributed by atoms with Crippen LogP contribution in [0.1, 0.15) is 50.9 Å². The van der Waals surface area contributed by atoms with Crippen molar-refractivity contribution in [1.29, 1.82) is 0 Å². The van der Waals surface area contributed by atoms with Crippen LogP contribution in [-0.4, -0.2) is 42.1 Å². The lowest BCUT2D eigenvalue weighted by Crippen LogP contribution is -2.39. The molecule has 1 aromatic rings. The molecule has 1 aliphatic rings. The van der Waals surface area contributed by atoms with Crippen LogP contribution in [0.25, 0.3) is 0 Å². The highest BCUT2D eigenvalue weighted by molar-refractivity contribution is 7.89. The molecule has 0 spiro atoms. The number of nitrogens with one attached hydrogen (secondary N) is 2. The van der Waals surface area contributed by atoms with Gasteiger partial charge in [-0.25, -0.2) is 8.42 Å². The Morgan fingerprint density at radius 2 is 2.00 bits per heavy atom. The number of hydrogen-bond donors (Lipinski definition) is 2. The molecule has 0 amide bonds. The molecule has 120 valence electrons. The van der Waals surface area contributed by atoms with Gasteiger partial charge in [0.1, 0.15) is 4.90 Å². The quantitative estimate of drug-likeness (QED) is 0.804. The molecule has 1 heterocycles. The van der Waals surface area contributed by atoms with Gasteiger partial charge < -0.3 is 5.32 Å². The molecule has 0 bridgehead atoms. The fourth-order valence-electron chi connectivity index (χ4n) is 3.11. The van der Waals surface area contributed by atoms with Gasteiger partial charge in [-0.05, 0) is 26.3 Å². The van der Waals surface area contributed by atoms with Crippen molar-refractivity contribution >= 4 is 10.0 Å². The molecule has 1 aliphatic carbocycles. The smallest absolute Gasteiger partial charge is 0.247 e. The molecule has 1 aromatic heterocycles. The maximum absolute atomic E-state index is 13.1. The minimum absolute atomic E-state index is 0.140. The Balaban J connectivity index is 2.35. The number of sulfonamides is 1. The standard InChI is InChI=1S/C14H26N4O2S/c1-4-15-10-13-14(11(3)16-17-13)21(19,20)18(5-2)12-8-6-7-9-12/h12,15H,4-10H2,1-3H3,(H,16,17). The summed E-state index contributed by atoms with van der Waals surface area (Å²) in [6, 6.07) is 0.140. The van der Waals surface area contributed by atoms with Crippen molar-refractivity contribution in [2.24, 2.45) is 0 Å². The van der Waals surface area contributed by atoms with E-state index in [0.717, 1.165) is 32.2 Å². The lowest BCUT2D eigenvalue weighted by molar-refractivity contribution is 0.335. The van der Waals surface area contributed by atoms with Gasteiger partial charge in [0.05, 0.1) is 11.4 Å². The molecule has 1 fully saturated rings. The molecule has 0 aliphatic heterocycles. The molecule has 0 saturated heterocycles. The van der Waals surface area contributed by atoms with Crippen LogP contribution in [0.4, 0.5) is 0 Å². The van der Waals surface area contributed by atoms with Crippen molar-refractivity contribution in [3.63, 3.8) is 0 Å². The molecular formula is C14H26N4O2S. The number of aromatic nitrogens is 2. The topological polar surface area (TPSA) is 78.1 Å². The number of rotatable bonds is 7. The Hall–Kier alpha value is -0.920. The number of aryl methyl sites for hydroxylation is 1. The summed E-state index contributed by atoms with van der Waals surface area (Å²) in [7, 11) is -3.48. The zero-order chi connectivity index (χ0) is 15.5. The third-order valence-electron chi connectivity index (χ3n) is 4.11. The van der Waals surface area contributed by atoms with E-state index >= 15 is 0 Å². The Bertz CT molecular complexity index is 562. The van der Waals surface area contributed by atoms with Crippen LogP contribution in [0.5, 0.6) is 0 Å². The van der Waals surface area contributed by atoms with Crippen LogP contribution in [0.2, 0.25) is 0 Å². The van der Waals surface area contributed by atoms with Crippen LogP contribution < -0.4 is 5.32 Å². The number of H-pyrrole nitrogens is 1. The van der Waals surface area contributed by atoms with Gasteiger partial charge in [-0.3, -0.25) is 5.10 Å². The van der Waals surface area contributed by atoms with Crippen LogP contribution in [0.3, 0.4) is 0 Å². The van der Waals surface area contributed by atoms with Gasteiger partial charge in [-0.2, -0.15) is 9.40 Å². The second-order valence-electron chi connectivity index (χ2n) is 5.55. The van der Waals surface area contributed by atoms with Crippen LogP contribution in [-0.2, 0) is 16.6 Å². The number of hydrogen-bond acceptors (Lipinski definition) is 4. The van der Waals surface area contributed by atoms with Crippen LogP contribution in [0, 0.1) is 6.92 Å². The summed E-state index contributed by atoms with van der Waals surface area (Å²) in [6.45, 7) is 7.44. The minimum atomic E-state index is -3.48. The average molecular weight is 314 g/mol. The Morgan fingerprint density at radius 1 is 1.33 bits per heavy atom. The molecule has 1 saturated carbocycles. The molecule has 6 nitrogen and oxygen atoms in total. The lowest BCUT2D eigenvalue weighted by atomic mass is 10.2. The normalized spacial score (nSPS) is 17.0. The van der Waals surface area contributed by atoms with Crippen molar-refractivity contribution in [2.45, 2.75) is 63.9 Å². The van der Waals surface area contributed by atoms with E-state index < -0.39 is 10.0 Å². The third kappa shape index (κ3) is 3.30. The highest BCUT2D eigenvalue weighted by Gasteiger charge is 2.35. The summed E-state index contributed by atoms with van der Waals surface area (Å²) in [6.07, 6.45) is 4.16. The Labute approximate surface area is 127 Å². The Morgan fingerprint density at radius 3 is 2.57 bits per heavy atom. The maximum Gasteiger partial charge on any atom is 0.247 e. The second kappa shape index (κ2) is 6.89. The SMILES string of the molecule is CCNCc1n[nH]c(C)c1S(=O)(=O)N(CC)C1CCCC1. The van der Waals surface area contributed by atoms with Gasteiger partial charge in [0, 0.05) is 19.1 Å². The molecule has 7 heteroatoms. The second-order valence-corrected chi connectivity index (χ2v) is 7.38. The van der Waals surface area contributed by atoms with E-state index in [4.69, 9.17) is 0 Å². The van der Waals surface area contributed by atoms with Gasteiger partial charge in [0.25, 0.3) is 0 Å². The summed E-state index contributed by atoms with van der Waals surface area (Å²) >= 11 is 0. The van der Waals surface area contributed by atoms with E-state index in [2.05, 4.69) is 15.5 Å². The van der Waals surface area contributed by atoms with Crippen molar-refractivity contribution in [2.75, 3.05) is 13.1 Å². The number of aromatic amines is 1. The highest BCUT2D eigenvalue weighted by Crippen LogP contribution is 2.30. The van der Waals surface area contributed by atoms with Crippen LogP contribution in [0.15, 0.2) is 4.90 Å². The first-order valence-corrected chi connectivity index (χ1v) is 9.22. The number of nitrogens with zero attached hydrogens (tertiary/aromatic N) is 2. The van der Waals surface area contributed by atoms with E-state index in [1.54, 1.807) is 11.2 Å². The predicted molar refractivity (Wildman–Crippen MR) is 82.5 cm³/mol. The highest BCUT2D eigenvalue weighted by atomic mass is 32.2. The fourth-order valence-corrected chi connectivity index (χ4v) is 5.13. The van der Waals surface area contributed by atoms with E-state index in [-0.39, 0.29) is 6.04 Å². The first-order valence-electron chi connectivity index (χ1n) is 7.78. The largest absolute Gasteiger partial charge is 0.311 e. The molecule has 0 unspecified atom stereocenters. The molecule has 2 rings (SSSR count). The van der Waals surface area contributed by atoms with Crippen molar-refractivity contribution in [1.82, 2.24) is 19.8 Å². The molecule has 2 N–H and O–H groups in total. The van der Waals surface area contributed by atoms with Crippen LogP contribution >= 0.6 is 0 Å².